The van der Waals surface area contributed by atoms with Crippen molar-refractivity contribution in [3.63, 3.8) is 0 Å². The van der Waals surface area contributed by atoms with Crippen LogP contribution >= 0.6 is 23.2 Å². The molecule has 1 aromatic heterocycles. The van der Waals surface area contributed by atoms with Gasteiger partial charge >= 0.3 is 0 Å². The zero-order chi connectivity index (χ0) is 26.5. The van der Waals surface area contributed by atoms with Crippen LogP contribution in [0.3, 0.4) is 0 Å². The summed E-state index contributed by atoms with van der Waals surface area (Å²) < 4.78 is 0. The molecule has 2 aromatic rings. The molecule has 2 saturated heterocycles. The van der Waals surface area contributed by atoms with Crippen molar-refractivity contribution in [2.45, 2.75) is 38.3 Å². The first-order valence-electron chi connectivity index (χ1n) is 12.6. The van der Waals surface area contributed by atoms with Crippen molar-refractivity contribution in [3.8, 4) is 0 Å². The Balaban J connectivity index is 1.37. The Morgan fingerprint density at radius 3 is 2.46 bits per heavy atom. The number of hydrogen-bond donors (Lipinski definition) is 3. The van der Waals surface area contributed by atoms with Crippen LogP contribution in [0, 0.1) is 0 Å². The Hall–Kier alpha value is -2.66. The van der Waals surface area contributed by atoms with Crippen LogP contribution in [0.25, 0.3) is 0 Å². The number of benzene rings is 1. The topological polar surface area (TPSA) is 128 Å². The Morgan fingerprint density at radius 2 is 1.81 bits per heavy atom. The molecule has 0 radical (unpaired) electrons. The molecule has 2 fully saturated rings. The van der Waals surface area contributed by atoms with Crippen molar-refractivity contribution in [1.29, 1.82) is 0 Å². The zero-order valence-corrected chi connectivity index (χ0v) is 22.4. The number of nitrogens with two attached hydrogens (primary N) is 1. The number of piperidine rings is 1. The zero-order valence-electron chi connectivity index (χ0n) is 20.9. The highest BCUT2D eigenvalue weighted by Crippen LogP contribution is 2.30. The van der Waals surface area contributed by atoms with Crippen LogP contribution in [-0.4, -0.2) is 94.6 Å². The number of aliphatic hydroxyl groups is 1. The van der Waals surface area contributed by atoms with Crippen molar-refractivity contribution >= 4 is 46.7 Å². The second kappa shape index (κ2) is 12.3. The highest BCUT2D eigenvalue weighted by Gasteiger charge is 2.35. The van der Waals surface area contributed by atoms with E-state index in [1.54, 1.807) is 24.3 Å². The van der Waals surface area contributed by atoms with E-state index in [-0.39, 0.29) is 41.8 Å². The first-order valence-corrected chi connectivity index (χ1v) is 13.4. The van der Waals surface area contributed by atoms with Gasteiger partial charge in [0.1, 0.15) is 0 Å². The average Bonchev–Trinajstić information content (AvgIpc) is 2.92. The number of hydrogen-bond acceptors (Lipinski definition) is 8. The van der Waals surface area contributed by atoms with Crippen LogP contribution in [0.4, 0.5) is 11.6 Å². The van der Waals surface area contributed by atoms with E-state index in [1.807, 2.05) is 4.90 Å². The molecule has 0 unspecified atom stereocenters. The first kappa shape index (κ1) is 27.4. The lowest BCUT2D eigenvalue weighted by Gasteiger charge is -2.47. The molecule has 0 spiro atoms. The SMILES string of the molecule is CC[C@H]1CN(c2nc(N)c(C(=O)NCCO)nc2Cl)CCN1C1CCN(C(=O)c2ccc(Cl)cc2)CC1. The Bertz CT molecular complexity index is 1110. The molecule has 1 atom stereocenters. The number of nitrogens with zero attached hydrogens (tertiary/aromatic N) is 5. The summed E-state index contributed by atoms with van der Waals surface area (Å²) in [6, 6.07) is 7.72. The standard InChI is InChI=1S/C25H33Cl2N7O3/c1-2-18-15-33(23-21(27)30-20(22(28)31-23)24(36)29-9-14-35)12-13-34(18)19-7-10-32(11-8-19)25(37)16-3-5-17(26)6-4-16/h3-6,18-19,35H,2,7-15H2,1H3,(H2,28,31)(H,29,36)/t18-/m0/s1. The molecular weight excluding hydrogens is 517 g/mol. The summed E-state index contributed by atoms with van der Waals surface area (Å²) in [5.41, 5.74) is 6.65. The van der Waals surface area contributed by atoms with Gasteiger partial charge in [0, 0.05) is 61.9 Å². The summed E-state index contributed by atoms with van der Waals surface area (Å²) in [6.07, 6.45) is 2.78. The summed E-state index contributed by atoms with van der Waals surface area (Å²) in [5, 5.41) is 12.2. The van der Waals surface area contributed by atoms with Crippen molar-refractivity contribution in [1.82, 2.24) is 25.1 Å². The fourth-order valence-corrected chi connectivity index (χ4v) is 5.49. The van der Waals surface area contributed by atoms with E-state index >= 15 is 0 Å². The first-order chi connectivity index (χ1) is 17.8. The van der Waals surface area contributed by atoms with Crippen molar-refractivity contribution in [2.24, 2.45) is 0 Å². The summed E-state index contributed by atoms with van der Waals surface area (Å²) in [5.74, 6) is -0.00156. The molecule has 4 N–H and O–H groups in total. The van der Waals surface area contributed by atoms with Gasteiger partial charge in [0.2, 0.25) is 0 Å². The Morgan fingerprint density at radius 1 is 1.11 bits per heavy atom. The average molecular weight is 550 g/mol. The molecule has 3 heterocycles. The summed E-state index contributed by atoms with van der Waals surface area (Å²) in [7, 11) is 0. The van der Waals surface area contributed by atoms with Gasteiger partial charge in [0.05, 0.1) is 6.61 Å². The lowest BCUT2D eigenvalue weighted by atomic mass is 9.97. The maximum Gasteiger partial charge on any atom is 0.273 e. The number of piperazine rings is 1. The molecular formula is C25H33Cl2N7O3. The highest BCUT2D eigenvalue weighted by atomic mass is 35.5. The minimum atomic E-state index is -0.523. The number of carbonyl (C=O) groups is 2. The number of aromatic nitrogens is 2. The van der Waals surface area contributed by atoms with Gasteiger partial charge < -0.3 is 26.0 Å². The normalized spacial score (nSPS) is 19.2. The Kier molecular flexibility index (Phi) is 9.07. The molecule has 2 amide bonds. The van der Waals surface area contributed by atoms with Gasteiger partial charge in [0.25, 0.3) is 11.8 Å². The molecule has 2 aliphatic rings. The Labute approximate surface area is 226 Å². The van der Waals surface area contributed by atoms with Gasteiger partial charge in [-0.25, -0.2) is 9.97 Å². The number of halogens is 2. The third-order valence-electron chi connectivity index (χ3n) is 7.09. The van der Waals surface area contributed by atoms with Crippen LogP contribution in [0.5, 0.6) is 0 Å². The molecule has 4 rings (SSSR count). The molecule has 0 saturated carbocycles. The predicted octanol–water partition coefficient (Wildman–Crippen LogP) is 2.29. The van der Waals surface area contributed by atoms with Crippen LogP contribution in [0.1, 0.15) is 47.0 Å². The second-order valence-electron chi connectivity index (χ2n) is 9.33. The van der Waals surface area contributed by atoms with Crippen LogP contribution in [0.2, 0.25) is 10.2 Å². The number of aliphatic hydroxyl groups excluding tert-OH is 1. The van der Waals surface area contributed by atoms with Crippen LogP contribution < -0.4 is 16.0 Å². The van der Waals surface area contributed by atoms with Crippen LogP contribution in [0.15, 0.2) is 24.3 Å². The van der Waals surface area contributed by atoms with E-state index in [0.29, 0.717) is 35.5 Å². The number of carbonyl (C=O) groups excluding carboxylic acids is 2. The highest BCUT2D eigenvalue weighted by molar-refractivity contribution is 6.32. The third-order valence-corrected chi connectivity index (χ3v) is 7.59. The van der Waals surface area contributed by atoms with Crippen molar-refractivity contribution in [3.05, 3.63) is 45.7 Å². The number of anilines is 2. The van der Waals surface area contributed by atoms with E-state index in [2.05, 4.69) is 32.0 Å². The molecule has 10 nitrogen and oxygen atoms in total. The quantitative estimate of drug-likeness (QED) is 0.479. The molecule has 12 heteroatoms. The maximum absolute atomic E-state index is 12.9. The van der Waals surface area contributed by atoms with Gasteiger partial charge in [-0.2, -0.15) is 0 Å². The van der Waals surface area contributed by atoms with Gasteiger partial charge in [-0.3, -0.25) is 14.5 Å². The smallest absolute Gasteiger partial charge is 0.273 e. The summed E-state index contributed by atoms with van der Waals surface area (Å²) in [4.78, 5) is 40.3. The van der Waals surface area contributed by atoms with Gasteiger partial charge in [-0.05, 0) is 43.5 Å². The molecule has 200 valence electrons. The lowest BCUT2D eigenvalue weighted by molar-refractivity contribution is 0.0490. The number of likely N-dealkylation sites (tertiary alicyclic amines) is 1. The maximum atomic E-state index is 12.9. The van der Waals surface area contributed by atoms with E-state index in [0.717, 1.165) is 38.9 Å². The van der Waals surface area contributed by atoms with Crippen molar-refractivity contribution in [2.75, 3.05) is 56.5 Å². The molecule has 1 aromatic carbocycles. The van der Waals surface area contributed by atoms with Gasteiger partial charge in [-0.15, -0.1) is 0 Å². The van der Waals surface area contributed by atoms with E-state index in [4.69, 9.17) is 34.0 Å². The number of rotatable bonds is 7. The molecule has 0 bridgehead atoms. The van der Waals surface area contributed by atoms with E-state index in [1.165, 1.54) is 0 Å². The number of nitrogen functional groups attached to an aromatic ring is 1. The number of nitrogens with one attached hydrogen (secondary N) is 1. The fourth-order valence-electron chi connectivity index (χ4n) is 5.12. The summed E-state index contributed by atoms with van der Waals surface area (Å²) >= 11 is 12.4. The minimum absolute atomic E-state index is 0.00282. The molecule has 0 aliphatic carbocycles. The van der Waals surface area contributed by atoms with Crippen molar-refractivity contribution < 1.29 is 14.7 Å². The van der Waals surface area contributed by atoms with E-state index < -0.39 is 5.91 Å². The van der Waals surface area contributed by atoms with E-state index in [9.17, 15) is 9.59 Å². The monoisotopic (exact) mass is 549 g/mol. The fraction of sp³-hybridized carbons (Fsp3) is 0.520. The largest absolute Gasteiger partial charge is 0.395 e. The summed E-state index contributed by atoms with van der Waals surface area (Å²) in [6.45, 7) is 5.74. The minimum Gasteiger partial charge on any atom is -0.395 e. The van der Waals surface area contributed by atoms with Gasteiger partial charge in [-0.1, -0.05) is 30.1 Å². The lowest BCUT2D eigenvalue weighted by Crippen LogP contribution is -2.58. The van der Waals surface area contributed by atoms with Crippen LogP contribution in [-0.2, 0) is 0 Å². The molecule has 37 heavy (non-hydrogen) atoms. The predicted molar refractivity (Wildman–Crippen MR) is 144 cm³/mol. The van der Waals surface area contributed by atoms with Gasteiger partial charge in [0.15, 0.2) is 22.5 Å². The number of amides is 2. The second-order valence-corrected chi connectivity index (χ2v) is 10.1. The molecule has 2 aliphatic heterocycles. The third kappa shape index (κ3) is 6.26.